The zero-order chi connectivity index (χ0) is 38.7. The van der Waals surface area contributed by atoms with Gasteiger partial charge < -0.3 is 9.80 Å². The van der Waals surface area contributed by atoms with E-state index in [4.69, 9.17) is 0 Å². The minimum atomic E-state index is -2.98. The van der Waals surface area contributed by atoms with Gasteiger partial charge in [-0.2, -0.15) is 0 Å². The summed E-state index contributed by atoms with van der Waals surface area (Å²) in [5.74, 6) is 0. The lowest BCUT2D eigenvalue weighted by molar-refractivity contribution is 1.26. The molecule has 4 aliphatic heterocycles. The normalized spacial score (nSPS) is 14.4. The molecule has 0 N–H and O–H groups in total. The van der Waals surface area contributed by atoms with Crippen LogP contribution < -0.4 is 63.3 Å². The van der Waals surface area contributed by atoms with Crippen LogP contribution in [0.5, 0.6) is 0 Å². The standard InChI is InChI=1S/C54H36B2N2Si/c1-4-20-37(21-5-1)40-26-10-15-31-45(40)57-46-32-16-11-27-41(46)55-42-28-12-17-33-47(42)58-48-34-18-13-29-43(48)56-44-30-14-19-35-50(44)59(38-22-6-2-7-23-38,39-24-8-3-9-25-39)51-36-49(57)52(55)54(58)53(51)56/h1-36H. The molecule has 4 aliphatic rings. The van der Waals surface area contributed by atoms with Gasteiger partial charge in [0.15, 0.2) is 8.07 Å². The Hall–Kier alpha value is -7.07. The maximum atomic E-state index is 2.69. The van der Waals surface area contributed by atoms with Gasteiger partial charge in [0.25, 0.3) is 6.71 Å². The van der Waals surface area contributed by atoms with Gasteiger partial charge in [0.05, 0.1) is 5.69 Å². The number of para-hydroxylation sites is 4. The van der Waals surface area contributed by atoms with Gasteiger partial charge in [-0.3, -0.25) is 0 Å². The molecule has 0 aromatic heterocycles. The Morgan fingerprint density at radius 2 is 0.763 bits per heavy atom. The number of fused-ring (bicyclic) bond motifs is 10. The van der Waals surface area contributed by atoms with E-state index in [9.17, 15) is 0 Å². The lowest BCUT2D eigenvalue weighted by Gasteiger charge is -2.52. The van der Waals surface area contributed by atoms with Crippen molar-refractivity contribution in [3.8, 4) is 11.1 Å². The summed E-state index contributed by atoms with van der Waals surface area (Å²) in [5, 5.41) is 5.77. The van der Waals surface area contributed by atoms with Crippen LogP contribution in [0.2, 0.25) is 0 Å². The fraction of sp³-hybridized carbons (Fsp3) is 0. The third-order valence-electron chi connectivity index (χ3n) is 13.6. The van der Waals surface area contributed by atoms with Gasteiger partial charge in [-0.15, -0.1) is 0 Å². The number of nitrogens with zero attached hydrogens (tertiary/aromatic N) is 2. The number of rotatable bonds is 4. The van der Waals surface area contributed by atoms with E-state index in [-0.39, 0.29) is 13.4 Å². The Labute approximate surface area is 346 Å². The van der Waals surface area contributed by atoms with Crippen molar-refractivity contribution in [2.24, 2.45) is 0 Å². The quantitative estimate of drug-likeness (QED) is 0.205. The van der Waals surface area contributed by atoms with E-state index >= 15 is 0 Å². The van der Waals surface area contributed by atoms with E-state index < -0.39 is 8.07 Å². The molecule has 0 spiro atoms. The van der Waals surface area contributed by atoms with E-state index in [0.29, 0.717) is 0 Å². The van der Waals surface area contributed by atoms with Crippen LogP contribution >= 0.6 is 0 Å². The fourth-order valence-electron chi connectivity index (χ4n) is 11.5. The minimum Gasteiger partial charge on any atom is -0.312 e. The molecular formula is C54H36B2N2Si. The van der Waals surface area contributed by atoms with Crippen molar-refractivity contribution in [3.63, 3.8) is 0 Å². The number of hydrogen-bond donors (Lipinski definition) is 0. The van der Waals surface area contributed by atoms with Crippen LogP contribution in [-0.2, 0) is 0 Å². The first-order valence-corrected chi connectivity index (χ1v) is 22.8. The van der Waals surface area contributed by atoms with Gasteiger partial charge >= 0.3 is 0 Å². The summed E-state index contributed by atoms with van der Waals surface area (Å²) in [4.78, 5) is 5.28. The molecule has 0 fully saturated rings. The summed E-state index contributed by atoms with van der Waals surface area (Å²) in [6.07, 6.45) is 0. The van der Waals surface area contributed by atoms with Gasteiger partial charge in [0.1, 0.15) is 0 Å². The largest absolute Gasteiger partial charge is 0.312 e. The van der Waals surface area contributed by atoms with Crippen LogP contribution in [-0.4, -0.2) is 21.5 Å². The molecule has 0 aliphatic carbocycles. The van der Waals surface area contributed by atoms with Crippen molar-refractivity contribution in [3.05, 3.63) is 218 Å². The zero-order valence-electron chi connectivity index (χ0n) is 32.3. The first-order valence-electron chi connectivity index (χ1n) is 20.8. The predicted molar refractivity (Wildman–Crippen MR) is 254 cm³/mol. The van der Waals surface area contributed by atoms with Gasteiger partial charge in [0.2, 0.25) is 6.71 Å². The molecule has 2 nitrogen and oxygen atoms in total. The maximum Gasteiger partial charge on any atom is 0.252 e. The average molecular weight is 763 g/mol. The number of anilines is 6. The lowest BCUT2D eigenvalue weighted by atomic mass is 9.29. The van der Waals surface area contributed by atoms with E-state index in [2.05, 4.69) is 228 Å². The van der Waals surface area contributed by atoms with E-state index in [0.717, 1.165) is 0 Å². The Kier molecular flexibility index (Phi) is 6.96. The molecule has 9 aromatic carbocycles. The maximum absolute atomic E-state index is 2.98. The fourth-order valence-corrected chi connectivity index (χ4v) is 16.7. The van der Waals surface area contributed by atoms with E-state index in [1.165, 1.54) is 98.8 Å². The first kappa shape index (κ1) is 33.0. The van der Waals surface area contributed by atoms with Crippen LogP contribution in [0.1, 0.15) is 0 Å². The topological polar surface area (TPSA) is 6.48 Å². The second-order valence-corrected chi connectivity index (χ2v) is 20.0. The van der Waals surface area contributed by atoms with E-state index in [1.54, 1.807) is 0 Å². The van der Waals surface area contributed by atoms with Crippen molar-refractivity contribution in [2.45, 2.75) is 0 Å². The van der Waals surface area contributed by atoms with Crippen LogP contribution in [0.15, 0.2) is 218 Å². The summed E-state index contributed by atoms with van der Waals surface area (Å²) in [7, 11) is -2.98. The van der Waals surface area contributed by atoms with Gasteiger partial charge in [0, 0.05) is 34.0 Å². The zero-order valence-corrected chi connectivity index (χ0v) is 33.3. The summed E-state index contributed by atoms with van der Waals surface area (Å²) < 4.78 is 0. The Morgan fingerprint density at radius 1 is 0.322 bits per heavy atom. The van der Waals surface area contributed by atoms with Gasteiger partial charge in [-0.05, 0) is 84.0 Å². The molecule has 0 saturated carbocycles. The smallest absolute Gasteiger partial charge is 0.252 e. The third kappa shape index (κ3) is 4.32. The van der Waals surface area contributed by atoms with Crippen LogP contribution in [0.25, 0.3) is 11.1 Å². The summed E-state index contributed by atoms with van der Waals surface area (Å²) in [6, 6.07) is 82.8. The predicted octanol–water partition coefficient (Wildman–Crippen LogP) is 5.96. The number of benzene rings is 9. The van der Waals surface area contributed by atoms with Gasteiger partial charge in [-0.25, -0.2) is 0 Å². The molecule has 0 saturated heterocycles. The van der Waals surface area contributed by atoms with Crippen molar-refractivity contribution in [2.75, 3.05) is 9.80 Å². The summed E-state index contributed by atoms with van der Waals surface area (Å²) in [6.45, 7) is 0.136. The molecule has 0 atom stereocenters. The molecule has 4 heterocycles. The van der Waals surface area contributed by atoms with Gasteiger partial charge in [-0.1, -0.05) is 194 Å². The molecule has 0 bridgehead atoms. The minimum absolute atomic E-state index is 0.0571. The van der Waals surface area contributed by atoms with Crippen LogP contribution in [0.3, 0.4) is 0 Å². The highest BCUT2D eigenvalue weighted by molar-refractivity contribution is 7.27. The number of hydrogen-bond acceptors (Lipinski definition) is 2. The van der Waals surface area contributed by atoms with Crippen molar-refractivity contribution >= 4 is 109 Å². The highest BCUT2D eigenvalue weighted by Crippen LogP contribution is 2.46. The molecule has 59 heavy (non-hydrogen) atoms. The Balaban J connectivity index is 1.26. The van der Waals surface area contributed by atoms with Crippen molar-refractivity contribution in [1.29, 1.82) is 0 Å². The summed E-state index contributed by atoms with van der Waals surface area (Å²) in [5.41, 5.74) is 18.4. The first-order chi connectivity index (χ1) is 29.3. The van der Waals surface area contributed by atoms with Crippen LogP contribution in [0.4, 0.5) is 34.1 Å². The Bertz CT molecular complexity index is 3100. The molecule has 9 aromatic rings. The molecular weight excluding hydrogens is 726 g/mol. The molecule has 5 heteroatoms. The highest BCUT2D eigenvalue weighted by atomic mass is 28.3. The summed E-state index contributed by atoms with van der Waals surface area (Å²) >= 11 is 0. The third-order valence-corrected chi connectivity index (χ3v) is 18.5. The molecule has 272 valence electrons. The van der Waals surface area contributed by atoms with Crippen molar-refractivity contribution < 1.29 is 0 Å². The highest BCUT2D eigenvalue weighted by Gasteiger charge is 2.56. The van der Waals surface area contributed by atoms with E-state index in [1.807, 2.05) is 0 Å². The second kappa shape index (κ2) is 12.5. The molecule has 0 radical (unpaired) electrons. The second-order valence-electron chi connectivity index (χ2n) is 16.3. The molecule has 13 rings (SSSR count). The van der Waals surface area contributed by atoms with Crippen LogP contribution in [0, 0.1) is 0 Å². The molecule has 0 amide bonds. The SMILES string of the molecule is c1ccc(-c2ccccc2N2c3ccccc3B3c4ccccc4N4c5ccccc5B5c6ccccc6[Si](c6ccccc6)(c6ccccc6)c6cc2c3c4c65)cc1. The van der Waals surface area contributed by atoms with Crippen molar-refractivity contribution in [1.82, 2.24) is 0 Å². The monoisotopic (exact) mass is 762 g/mol. The average Bonchev–Trinajstić information content (AvgIpc) is 3.32. The lowest BCUT2D eigenvalue weighted by Crippen LogP contribution is -2.88. The Morgan fingerprint density at radius 3 is 1.36 bits per heavy atom. The molecule has 0 unspecified atom stereocenters.